The quantitative estimate of drug-likeness (QED) is 0.351. The van der Waals surface area contributed by atoms with Gasteiger partial charge in [-0.15, -0.1) is 0 Å². The second kappa shape index (κ2) is 6.53. The summed E-state index contributed by atoms with van der Waals surface area (Å²) >= 11 is 0. The highest BCUT2D eigenvalue weighted by Crippen LogP contribution is 2.00. The number of urea groups is 1. The molecule has 0 aliphatic carbocycles. The molecule has 0 aromatic rings. The lowest BCUT2D eigenvalue weighted by Crippen LogP contribution is -2.49. The van der Waals surface area contributed by atoms with E-state index >= 15 is 0 Å². The second-order valence-corrected chi connectivity index (χ2v) is 3.36. The van der Waals surface area contributed by atoms with E-state index in [1.54, 1.807) is 0 Å². The van der Waals surface area contributed by atoms with E-state index in [9.17, 15) is 19.5 Å². The maximum atomic E-state index is 11.1. The van der Waals surface area contributed by atoms with Crippen LogP contribution in [-0.4, -0.2) is 53.6 Å². The zero-order chi connectivity index (χ0) is 13.5. The number of aliphatic carboxylic acids is 1. The van der Waals surface area contributed by atoms with Crippen molar-refractivity contribution in [1.82, 2.24) is 10.6 Å². The fraction of sp³-hybridized carbons (Fsp3) is 0.625. The predicted octanol–water partition coefficient (Wildman–Crippen LogP) is -1.78. The van der Waals surface area contributed by atoms with Gasteiger partial charge in [0.1, 0.15) is 6.61 Å². The molecule has 0 saturated heterocycles. The van der Waals surface area contributed by atoms with Gasteiger partial charge in [-0.2, -0.15) is 0 Å². The van der Waals surface area contributed by atoms with Gasteiger partial charge in [-0.25, -0.2) is 14.4 Å². The van der Waals surface area contributed by atoms with Gasteiger partial charge in [0.05, 0.1) is 13.1 Å². The third-order valence-corrected chi connectivity index (χ3v) is 1.69. The number of carbonyl (C=O) groups is 3. The van der Waals surface area contributed by atoms with Gasteiger partial charge in [0.25, 0.3) is 0 Å². The Morgan fingerprint density at radius 3 is 2.41 bits per heavy atom. The van der Waals surface area contributed by atoms with Crippen molar-refractivity contribution in [3.05, 3.63) is 0 Å². The summed E-state index contributed by atoms with van der Waals surface area (Å²) in [5.41, 5.74) is 2.63. The van der Waals surface area contributed by atoms with Gasteiger partial charge < -0.3 is 31.3 Å². The van der Waals surface area contributed by atoms with Crippen LogP contribution in [0, 0.1) is 0 Å². The topological polar surface area (TPSA) is 151 Å². The van der Waals surface area contributed by atoms with Gasteiger partial charge in [-0.05, 0) is 6.92 Å². The van der Waals surface area contributed by atoms with Crippen LogP contribution in [0.2, 0.25) is 0 Å². The largest absolute Gasteiger partial charge is 0.479 e. The normalized spacial score (nSPS) is 13.3. The maximum absolute atomic E-state index is 11.1. The van der Waals surface area contributed by atoms with E-state index in [1.165, 1.54) is 0 Å². The molecule has 0 aliphatic rings. The highest BCUT2D eigenvalue weighted by Gasteiger charge is 2.30. The van der Waals surface area contributed by atoms with Crippen molar-refractivity contribution in [1.29, 1.82) is 0 Å². The van der Waals surface area contributed by atoms with Crippen molar-refractivity contribution < 1.29 is 29.3 Å². The van der Waals surface area contributed by atoms with Crippen LogP contribution in [0.1, 0.15) is 6.92 Å². The molecule has 0 heterocycles. The van der Waals surface area contributed by atoms with Gasteiger partial charge >= 0.3 is 18.1 Å². The number of rotatable bonds is 6. The molecular formula is C8H15N3O6. The third kappa shape index (κ3) is 6.95. The second-order valence-electron chi connectivity index (χ2n) is 3.36. The summed E-state index contributed by atoms with van der Waals surface area (Å²) in [5, 5.41) is 22.2. The zero-order valence-corrected chi connectivity index (χ0v) is 9.23. The van der Waals surface area contributed by atoms with E-state index in [1.807, 2.05) is 0 Å². The van der Waals surface area contributed by atoms with Crippen molar-refractivity contribution in [2.45, 2.75) is 12.5 Å². The Balaban J connectivity index is 3.74. The predicted molar refractivity (Wildman–Crippen MR) is 55.2 cm³/mol. The number of aliphatic hydroxyl groups is 1. The number of carbonyl (C=O) groups excluding carboxylic acids is 2. The van der Waals surface area contributed by atoms with Crippen LogP contribution in [-0.2, 0) is 9.53 Å². The highest BCUT2D eigenvalue weighted by molar-refractivity contribution is 5.79. The highest BCUT2D eigenvalue weighted by atomic mass is 16.5. The molecule has 0 radical (unpaired) electrons. The summed E-state index contributed by atoms with van der Waals surface area (Å²) < 4.78 is 4.33. The molecule has 9 heteroatoms. The van der Waals surface area contributed by atoms with Crippen LogP contribution in [0.3, 0.4) is 0 Å². The first kappa shape index (κ1) is 15.0. The fourth-order valence-electron chi connectivity index (χ4n) is 0.707. The van der Waals surface area contributed by atoms with Crippen molar-refractivity contribution in [2.75, 3.05) is 19.7 Å². The zero-order valence-electron chi connectivity index (χ0n) is 9.23. The summed E-state index contributed by atoms with van der Waals surface area (Å²) in [6.45, 7) is 0.513. The first-order chi connectivity index (χ1) is 7.75. The molecule has 0 spiro atoms. The molecule has 0 saturated carbocycles. The van der Waals surface area contributed by atoms with Crippen LogP contribution >= 0.6 is 0 Å². The molecular weight excluding hydrogens is 234 g/mol. The fourth-order valence-corrected chi connectivity index (χ4v) is 0.707. The minimum Gasteiger partial charge on any atom is -0.479 e. The summed E-state index contributed by atoms with van der Waals surface area (Å²) in [5.74, 6) is -1.45. The number of nitrogens with one attached hydrogen (secondary N) is 2. The van der Waals surface area contributed by atoms with Gasteiger partial charge in [-0.1, -0.05) is 0 Å². The number of carboxylic acid groups (broad SMARTS) is 1. The number of nitrogens with two attached hydrogens (primary N) is 1. The molecule has 0 aliphatic heterocycles. The Morgan fingerprint density at radius 2 is 1.94 bits per heavy atom. The Labute approximate surface area is 96.9 Å². The minimum atomic E-state index is -2.04. The molecule has 0 aromatic carbocycles. The van der Waals surface area contributed by atoms with Gasteiger partial charge in [0.2, 0.25) is 0 Å². The van der Waals surface area contributed by atoms with E-state index in [2.05, 4.69) is 21.1 Å². The number of hydrogen-bond acceptors (Lipinski definition) is 5. The molecule has 0 fully saturated rings. The smallest absolute Gasteiger partial charge is 0.404 e. The molecule has 0 rings (SSSR count). The first-order valence-corrected chi connectivity index (χ1v) is 4.65. The van der Waals surface area contributed by atoms with Gasteiger partial charge in [-0.3, -0.25) is 0 Å². The summed E-state index contributed by atoms with van der Waals surface area (Å²) in [7, 11) is 0. The van der Waals surface area contributed by atoms with Crippen LogP contribution in [0.25, 0.3) is 0 Å². The lowest BCUT2D eigenvalue weighted by atomic mass is 10.1. The van der Waals surface area contributed by atoms with E-state index < -0.39 is 30.2 Å². The lowest BCUT2D eigenvalue weighted by Gasteiger charge is -2.18. The molecule has 1 atom stereocenters. The van der Waals surface area contributed by atoms with E-state index in [0.717, 1.165) is 6.92 Å². The summed E-state index contributed by atoms with van der Waals surface area (Å²) in [6, 6.07) is -0.695. The average molecular weight is 249 g/mol. The number of primary amides is 1. The number of carboxylic acids is 1. The van der Waals surface area contributed by atoms with Crippen molar-refractivity contribution in [3.63, 3.8) is 0 Å². The molecule has 1 unspecified atom stereocenters. The molecule has 3 amide bonds. The summed E-state index contributed by atoms with van der Waals surface area (Å²) in [6.07, 6.45) is -0.957. The molecule has 9 nitrogen and oxygen atoms in total. The Kier molecular flexibility index (Phi) is 5.75. The van der Waals surface area contributed by atoms with E-state index in [0.29, 0.717) is 0 Å². The van der Waals surface area contributed by atoms with Crippen LogP contribution < -0.4 is 16.4 Å². The van der Waals surface area contributed by atoms with Crippen molar-refractivity contribution in [3.8, 4) is 0 Å². The van der Waals surface area contributed by atoms with Gasteiger partial charge in [0, 0.05) is 0 Å². The third-order valence-electron chi connectivity index (χ3n) is 1.69. The Bertz CT molecular complexity index is 304. The number of ether oxygens (including phenoxy) is 1. The number of hydrogen-bond donors (Lipinski definition) is 5. The first-order valence-electron chi connectivity index (χ1n) is 4.65. The maximum Gasteiger partial charge on any atom is 0.404 e. The van der Waals surface area contributed by atoms with Crippen LogP contribution in [0.4, 0.5) is 9.59 Å². The number of amides is 3. The van der Waals surface area contributed by atoms with Crippen molar-refractivity contribution >= 4 is 18.1 Å². The van der Waals surface area contributed by atoms with Crippen LogP contribution in [0.5, 0.6) is 0 Å². The molecule has 98 valence electrons. The van der Waals surface area contributed by atoms with E-state index in [4.69, 9.17) is 5.11 Å². The average Bonchev–Trinajstić information content (AvgIpc) is 2.21. The van der Waals surface area contributed by atoms with E-state index in [-0.39, 0.29) is 13.2 Å². The van der Waals surface area contributed by atoms with Crippen molar-refractivity contribution in [2.24, 2.45) is 5.73 Å². The standard InChI is InChI=1S/C8H15N3O6/c1-8(16,5(12)13)4-11-7(15)10-2-3-17-6(9)14/h16H,2-4H2,1H3,(H2,9,14)(H,12,13)(H2,10,11,15). The Hall–Kier alpha value is -2.03. The molecule has 6 N–H and O–H groups in total. The monoisotopic (exact) mass is 249 g/mol. The van der Waals surface area contributed by atoms with Crippen LogP contribution in [0.15, 0.2) is 0 Å². The lowest BCUT2D eigenvalue weighted by molar-refractivity contribution is -0.155. The van der Waals surface area contributed by atoms with Gasteiger partial charge in [0.15, 0.2) is 5.60 Å². The summed E-state index contributed by atoms with van der Waals surface area (Å²) in [4.78, 5) is 31.7. The molecule has 17 heavy (non-hydrogen) atoms. The SMILES string of the molecule is CC(O)(CNC(=O)NCCOC(N)=O)C(=O)O. The minimum absolute atomic E-state index is 0.0178. The molecule has 0 bridgehead atoms. The molecule has 0 aromatic heterocycles. The Morgan fingerprint density at radius 1 is 1.35 bits per heavy atom.